The van der Waals surface area contributed by atoms with E-state index in [2.05, 4.69) is 15.6 Å². The quantitative estimate of drug-likeness (QED) is 0.653. The summed E-state index contributed by atoms with van der Waals surface area (Å²) in [5, 5.41) is 6.03. The Morgan fingerprint density at radius 1 is 1.21 bits per heavy atom. The first-order chi connectivity index (χ1) is 16.4. The van der Waals surface area contributed by atoms with Crippen LogP contribution in [0.15, 0.2) is 30.6 Å². The van der Waals surface area contributed by atoms with E-state index in [4.69, 9.17) is 4.74 Å². The van der Waals surface area contributed by atoms with Crippen LogP contribution in [-0.2, 0) is 17.9 Å². The molecule has 2 saturated carbocycles. The lowest BCUT2D eigenvalue weighted by molar-refractivity contribution is -0.134. The summed E-state index contributed by atoms with van der Waals surface area (Å²) in [6, 6.07) is 7.61. The predicted molar refractivity (Wildman–Crippen MR) is 124 cm³/mol. The zero-order valence-corrected chi connectivity index (χ0v) is 19.7. The van der Waals surface area contributed by atoms with Crippen molar-refractivity contribution in [1.29, 1.82) is 0 Å². The van der Waals surface area contributed by atoms with E-state index in [1.807, 2.05) is 31.2 Å². The molecule has 2 fully saturated rings. The molecule has 9 nitrogen and oxygen atoms in total. The van der Waals surface area contributed by atoms with E-state index in [0.29, 0.717) is 5.75 Å². The predicted octanol–water partition coefficient (Wildman–Crippen LogP) is 2.26. The average Bonchev–Trinajstić information content (AvgIpc) is 3.34. The molecule has 2 aromatic rings. The van der Waals surface area contributed by atoms with Crippen molar-refractivity contribution in [2.45, 2.75) is 76.2 Å². The maximum atomic E-state index is 13.7. The first kappa shape index (κ1) is 22.4. The Morgan fingerprint density at radius 2 is 1.97 bits per heavy atom. The van der Waals surface area contributed by atoms with Gasteiger partial charge in [0.15, 0.2) is 5.69 Å². The molecule has 0 radical (unpaired) electrons. The zero-order valence-electron chi connectivity index (χ0n) is 19.7. The smallest absolute Gasteiger partial charge is 0.274 e. The number of benzene rings is 1. The Kier molecular flexibility index (Phi) is 5.79. The molecule has 2 N–H and O–H groups in total. The fourth-order valence-electron chi connectivity index (χ4n) is 5.18. The molecule has 1 unspecified atom stereocenters. The van der Waals surface area contributed by atoms with Crippen molar-refractivity contribution in [3.63, 3.8) is 0 Å². The van der Waals surface area contributed by atoms with Crippen molar-refractivity contribution in [2.24, 2.45) is 0 Å². The molecule has 180 valence electrons. The molecule has 1 aliphatic heterocycles. The minimum Gasteiger partial charge on any atom is -0.497 e. The summed E-state index contributed by atoms with van der Waals surface area (Å²) in [6.07, 6.45) is 7.42. The average molecular weight is 466 g/mol. The zero-order chi connectivity index (χ0) is 23.9. The molecular formula is C25H31N5O4. The molecule has 5 rings (SSSR count). The molecule has 0 bridgehead atoms. The summed E-state index contributed by atoms with van der Waals surface area (Å²) < 4.78 is 6.89. The summed E-state index contributed by atoms with van der Waals surface area (Å²) in [5.74, 6) is -0.138. The molecular weight excluding hydrogens is 434 g/mol. The highest BCUT2D eigenvalue weighted by molar-refractivity contribution is 6.07. The third-order valence-corrected chi connectivity index (χ3v) is 7.16. The first-order valence-corrected chi connectivity index (χ1v) is 12.0. The van der Waals surface area contributed by atoms with E-state index in [1.165, 1.54) is 6.33 Å². The number of hydrogen-bond acceptors (Lipinski definition) is 5. The van der Waals surface area contributed by atoms with Crippen LogP contribution < -0.4 is 15.4 Å². The van der Waals surface area contributed by atoms with Gasteiger partial charge in [-0.15, -0.1) is 0 Å². The second-order valence-corrected chi connectivity index (χ2v) is 9.74. The van der Waals surface area contributed by atoms with Gasteiger partial charge in [0, 0.05) is 18.6 Å². The van der Waals surface area contributed by atoms with E-state index >= 15 is 0 Å². The van der Waals surface area contributed by atoms with Crippen LogP contribution in [0.3, 0.4) is 0 Å². The SMILES string of the molecule is COc1cccc(CNC(=O)c2ncn3c2C(=O)N(C2CC2)C(C)(C(=O)NC2CCCC2)C3)c1. The molecule has 34 heavy (non-hydrogen) atoms. The van der Waals surface area contributed by atoms with Crippen molar-refractivity contribution in [1.82, 2.24) is 25.1 Å². The highest BCUT2D eigenvalue weighted by Crippen LogP contribution is 2.39. The van der Waals surface area contributed by atoms with Crippen molar-refractivity contribution >= 4 is 17.7 Å². The number of fused-ring (bicyclic) bond motifs is 1. The van der Waals surface area contributed by atoms with Crippen LogP contribution in [0.2, 0.25) is 0 Å². The molecule has 1 atom stereocenters. The molecule has 2 heterocycles. The van der Waals surface area contributed by atoms with Crippen molar-refractivity contribution in [3.8, 4) is 5.75 Å². The Bertz CT molecular complexity index is 1120. The number of amides is 3. The number of rotatable bonds is 7. The van der Waals surface area contributed by atoms with Gasteiger partial charge in [-0.1, -0.05) is 25.0 Å². The summed E-state index contributed by atoms with van der Waals surface area (Å²) >= 11 is 0. The van der Waals surface area contributed by atoms with Gasteiger partial charge in [-0.2, -0.15) is 0 Å². The van der Waals surface area contributed by atoms with Crippen LogP contribution in [-0.4, -0.2) is 56.9 Å². The van der Waals surface area contributed by atoms with E-state index in [1.54, 1.807) is 16.6 Å². The Labute approximate surface area is 198 Å². The molecule has 0 saturated heterocycles. The normalized spacial score (nSPS) is 22.4. The highest BCUT2D eigenvalue weighted by Gasteiger charge is 2.54. The minimum absolute atomic E-state index is 0.0168. The fraction of sp³-hybridized carbons (Fsp3) is 0.520. The maximum absolute atomic E-state index is 13.7. The van der Waals surface area contributed by atoms with Gasteiger partial charge in [-0.25, -0.2) is 4.98 Å². The number of hydrogen-bond donors (Lipinski definition) is 2. The standard InChI is InChI=1S/C25H31N5O4/c1-25(24(33)28-17-7-3-4-8-17)14-29-15-27-20(21(29)23(32)30(25)18-10-11-18)22(31)26-13-16-6-5-9-19(12-16)34-2/h5-6,9,12,15,17-18H,3-4,7-8,10-11,13-14H2,1-2H3,(H,26,31)(H,28,33). The number of nitrogens with one attached hydrogen (secondary N) is 2. The van der Waals surface area contributed by atoms with Gasteiger partial charge in [-0.05, 0) is 50.3 Å². The Balaban J connectivity index is 1.37. The number of ether oxygens (including phenoxy) is 1. The maximum Gasteiger partial charge on any atom is 0.274 e. The molecule has 2 aliphatic carbocycles. The van der Waals surface area contributed by atoms with Crippen molar-refractivity contribution < 1.29 is 19.1 Å². The van der Waals surface area contributed by atoms with Gasteiger partial charge in [-0.3, -0.25) is 14.4 Å². The van der Waals surface area contributed by atoms with E-state index in [0.717, 1.165) is 44.1 Å². The lowest BCUT2D eigenvalue weighted by atomic mass is 9.93. The fourth-order valence-corrected chi connectivity index (χ4v) is 5.18. The van der Waals surface area contributed by atoms with Crippen LogP contribution in [0.4, 0.5) is 0 Å². The van der Waals surface area contributed by atoms with Gasteiger partial charge >= 0.3 is 0 Å². The van der Waals surface area contributed by atoms with Gasteiger partial charge in [0.1, 0.15) is 17.0 Å². The Morgan fingerprint density at radius 3 is 2.68 bits per heavy atom. The summed E-state index contributed by atoms with van der Waals surface area (Å²) in [6.45, 7) is 2.39. The van der Waals surface area contributed by atoms with Crippen LogP contribution in [0.25, 0.3) is 0 Å². The van der Waals surface area contributed by atoms with E-state index in [-0.39, 0.29) is 48.4 Å². The van der Waals surface area contributed by atoms with E-state index in [9.17, 15) is 14.4 Å². The number of carbonyl (C=O) groups excluding carboxylic acids is 3. The number of nitrogens with zero attached hydrogens (tertiary/aromatic N) is 3. The van der Waals surface area contributed by atoms with E-state index < -0.39 is 11.4 Å². The van der Waals surface area contributed by atoms with Crippen LogP contribution in [0, 0.1) is 0 Å². The molecule has 1 aromatic heterocycles. The minimum atomic E-state index is -1.01. The van der Waals surface area contributed by atoms with Gasteiger partial charge in [0.05, 0.1) is 20.0 Å². The van der Waals surface area contributed by atoms with Crippen molar-refractivity contribution in [2.75, 3.05) is 7.11 Å². The van der Waals surface area contributed by atoms with Gasteiger partial charge in [0.2, 0.25) is 5.91 Å². The molecule has 9 heteroatoms. The van der Waals surface area contributed by atoms with Crippen LogP contribution in [0.5, 0.6) is 5.75 Å². The van der Waals surface area contributed by atoms with Crippen molar-refractivity contribution in [3.05, 3.63) is 47.5 Å². The molecule has 1 aromatic carbocycles. The second kappa shape index (κ2) is 8.77. The largest absolute Gasteiger partial charge is 0.497 e. The number of carbonyl (C=O) groups is 3. The third kappa shape index (κ3) is 4.03. The van der Waals surface area contributed by atoms with Crippen LogP contribution in [0.1, 0.15) is 72.0 Å². The summed E-state index contributed by atoms with van der Waals surface area (Å²) in [4.78, 5) is 46.1. The monoisotopic (exact) mass is 465 g/mol. The topological polar surface area (TPSA) is 106 Å². The molecule has 0 spiro atoms. The van der Waals surface area contributed by atoms with Gasteiger partial charge < -0.3 is 24.8 Å². The molecule has 3 aliphatic rings. The Hall–Kier alpha value is -3.36. The summed E-state index contributed by atoms with van der Waals surface area (Å²) in [7, 11) is 1.59. The lowest BCUT2D eigenvalue weighted by Crippen LogP contribution is -2.65. The first-order valence-electron chi connectivity index (χ1n) is 12.0. The third-order valence-electron chi connectivity index (χ3n) is 7.16. The number of methoxy groups -OCH3 is 1. The number of aromatic nitrogens is 2. The molecule has 3 amide bonds. The number of imidazole rings is 1. The lowest BCUT2D eigenvalue weighted by Gasteiger charge is -2.44. The van der Waals surface area contributed by atoms with Crippen LogP contribution >= 0.6 is 0 Å². The second-order valence-electron chi connectivity index (χ2n) is 9.74. The summed E-state index contributed by atoms with van der Waals surface area (Å²) in [5.41, 5.74) is 0.212. The highest BCUT2D eigenvalue weighted by atomic mass is 16.5. The van der Waals surface area contributed by atoms with Gasteiger partial charge in [0.25, 0.3) is 11.8 Å².